The molecule has 0 aromatic heterocycles. The predicted molar refractivity (Wildman–Crippen MR) is 62.6 cm³/mol. The van der Waals surface area contributed by atoms with Gasteiger partial charge in [-0.15, -0.1) is 0 Å². The van der Waals surface area contributed by atoms with Crippen LogP contribution >= 0.6 is 0 Å². The zero-order chi connectivity index (χ0) is 10.3. The van der Waals surface area contributed by atoms with E-state index in [0.29, 0.717) is 0 Å². The van der Waals surface area contributed by atoms with Crippen LogP contribution in [0.3, 0.4) is 0 Å². The molecule has 0 heterocycles. The molecule has 15 heavy (non-hydrogen) atoms. The Hall–Kier alpha value is -0.0800. The Morgan fingerprint density at radius 2 is 1.93 bits per heavy atom. The maximum Gasteiger partial charge on any atom is 0.0108 e. The lowest BCUT2D eigenvalue weighted by Crippen LogP contribution is -2.37. The highest BCUT2D eigenvalue weighted by molar-refractivity contribution is 4.93. The topological polar surface area (TPSA) is 29.3 Å². The molecular weight excluding hydrogens is 184 g/mol. The average molecular weight is 208 g/mol. The summed E-state index contributed by atoms with van der Waals surface area (Å²) in [7, 11) is 0. The molecule has 0 aliphatic heterocycles. The summed E-state index contributed by atoms with van der Waals surface area (Å²) >= 11 is 0. The number of nitrogens with zero attached hydrogens (tertiary/aromatic N) is 1. The van der Waals surface area contributed by atoms with Gasteiger partial charge in [0.05, 0.1) is 0 Å². The van der Waals surface area contributed by atoms with E-state index in [1.165, 1.54) is 38.6 Å². The Morgan fingerprint density at radius 1 is 1.07 bits per heavy atom. The van der Waals surface area contributed by atoms with Gasteiger partial charge in [-0.3, -0.25) is 4.90 Å². The summed E-state index contributed by atoms with van der Waals surface area (Å²) in [6, 6.07) is 0.910. The van der Waals surface area contributed by atoms with Crippen LogP contribution in [0.5, 0.6) is 0 Å². The van der Waals surface area contributed by atoms with Crippen molar-refractivity contribution in [2.45, 2.75) is 44.6 Å². The van der Waals surface area contributed by atoms with Crippen molar-refractivity contribution in [2.24, 2.45) is 23.5 Å². The summed E-state index contributed by atoms with van der Waals surface area (Å²) in [6.45, 7) is 3.35. The second-order valence-electron chi connectivity index (χ2n) is 5.95. The largest absolute Gasteiger partial charge is 0.329 e. The summed E-state index contributed by atoms with van der Waals surface area (Å²) in [5, 5.41) is 0. The van der Waals surface area contributed by atoms with Gasteiger partial charge in [0, 0.05) is 25.7 Å². The van der Waals surface area contributed by atoms with Gasteiger partial charge >= 0.3 is 0 Å². The van der Waals surface area contributed by atoms with Crippen LogP contribution in [0.15, 0.2) is 0 Å². The second-order valence-corrected chi connectivity index (χ2v) is 5.95. The van der Waals surface area contributed by atoms with Gasteiger partial charge in [0.15, 0.2) is 0 Å². The van der Waals surface area contributed by atoms with Crippen LogP contribution in [0.1, 0.15) is 38.5 Å². The number of nitrogens with two attached hydrogens (primary N) is 1. The Balaban J connectivity index is 1.54. The van der Waals surface area contributed by atoms with E-state index in [-0.39, 0.29) is 0 Å². The zero-order valence-corrected chi connectivity index (χ0v) is 9.70. The molecule has 3 fully saturated rings. The summed E-state index contributed by atoms with van der Waals surface area (Å²) in [4.78, 5) is 2.69. The molecule has 2 bridgehead atoms. The van der Waals surface area contributed by atoms with Crippen molar-refractivity contribution in [1.29, 1.82) is 0 Å². The lowest BCUT2D eigenvalue weighted by Gasteiger charge is -2.29. The maximum atomic E-state index is 5.70. The van der Waals surface area contributed by atoms with Crippen molar-refractivity contribution in [1.82, 2.24) is 4.90 Å². The highest BCUT2D eigenvalue weighted by Crippen LogP contribution is 2.49. The lowest BCUT2D eigenvalue weighted by atomic mass is 9.88. The predicted octanol–water partition coefficient (Wildman–Crippen LogP) is 1.85. The molecule has 2 N–H and O–H groups in total. The molecule has 2 heteroatoms. The molecule has 3 rings (SSSR count). The number of rotatable bonds is 5. The standard InChI is InChI=1S/C13H24N2/c14-5-6-15(13-3-4-13)9-12-8-10-1-2-11(12)7-10/h10-13H,1-9,14H2. The third kappa shape index (κ3) is 2.07. The van der Waals surface area contributed by atoms with E-state index < -0.39 is 0 Å². The van der Waals surface area contributed by atoms with Gasteiger partial charge in [-0.25, -0.2) is 0 Å². The van der Waals surface area contributed by atoms with Crippen molar-refractivity contribution >= 4 is 0 Å². The second kappa shape index (κ2) is 4.06. The van der Waals surface area contributed by atoms with Crippen molar-refractivity contribution in [3.8, 4) is 0 Å². The fourth-order valence-electron chi connectivity index (χ4n) is 3.93. The first-order valence-corrected chi connectivity index (χ1v) is 6.81. The quantitative estimate of drug-likeness (QED) is 0.747. The highest BCUT2D eigenvalue weighted by atomic mass is 15.2. The minimum Gasteiger partial charge on any atom is -0.329 e. The lowest BCUT2D eigenvalue weighted by molar-refractivity contribution is 0.186. The van der Waals surface area contributed by atoms with Crippen molar-refractivity contribution in [2.75, 3.05) is 19.6 Å². The van der Waals surface area contributed by atoms with Gasteiger partial charge in [-0.1, -0.05) is 6.42 Å². The molecule has 3 atom stereocenters. The van der Waals surface area contributed by atoms with Crippen LogP contribution in [0.2, 0.25) is 0 Å². The normalized spacial score (nSPS) is 39.2. The van der Waals surface area contributed by atoms with Gasteiger partial charge < -0.3 is 5.73 Å². The molecule has 0 spiro atoms. The van der Waals surface area contributed by atoms with Crippen LogP contribution in [0.25, 0.3) is 0 Å². The Bertz CT molecular complexity index is 225. The number of hydrogen-bond acceptors (Lipinski definition) is 2. The first-order valence-electron chi connectivity index (χ1n) is 6.81. The van der Waals surface area contributed by atoms with Crippen molar-refractivity contribution < 1.29 is 0 Å². The fourth-order valence-corrected chi connectivity index (χ4v) is 3.93. The number of fused-ring (bicyclic) bond motifs is 2. The smallest absolute Gasteiger partial charge is 0.0108 e. The van der Waals surface area contributed by atoms with Crippen molar-refractivity contribution in [3.05, 3.63) is 0 Å². The molecule has 3 aliphatic rings. The van der Waals surface area contributed by atoms with Crippen LogP contribution < -0.4 is 5.73 Å². The van der Waals surface area contributed by atoms with Gasteiger partial charge in [-0.05, 0) is 49.9 Å². The molecule has 86 valence electrons. The monoisotopic (exact) mass is 208 g/mol. The molecule has 0 radical (unpaired) electrons. The van der Waals surface area contributed by atoms with E-state index >= 15 is 0 Å². The van der Waals surface area contributed by atoms with E-state index in [2.05, 4.69) is 4.90 Å². The zero-order valence-electron chi connectivity index (χ0n) is 9.70. The van der Waals surface area contributed by atoms with Gasteiger partial charge in [0.1, 0.15) is 0 Å². The molecule has 2 nitrogen and oxygen atoms in total. The summed E-state index contributed by atoms with van der Waals surface area (Å²) in [5.74, 6) is 3.20. The minimum absolute atomic E-state index is 0.845. The Morgan fingerprint density at radius 3 is 2.47 bits per heavy atom. The number of hydrogen-bond donors (Lipinski definition) is 1. The summed E-state index contributed by atoms with van der Waals surface area (Å²) < 4.78 is 0. The molecule has 0 aromatic carbocycles. The van der Waals surface area contributed by atoms with Gasteiger partial charge in [-0.2, -0.15) is 0 Å². The molecule has 0 amide bonds. The van der Waals surface area contributed by atoms with Crippen molar-refractivity contribution in [3.63, 3.8) is 0 Å². The first kappa shape index (κ1) is 10.1. The van der Waals surface area contributed by atoms with E-state index in [1.807, 2.05) is 0 Å². The van der Waals surface area contributed by atoms with E-state index in [9.17, 15) is 0 Å². The minimum atomic E-state index is 0.845. The summed E-state index contributed by atoms with van der Waals surface area (Å²) in [5.41, 5.74) is 5.70. The maximum absolute atomic E-state index is 5.70. The summed E-state index contributed by atoms with van der Waals surface area (Å²) in [6.07, 6.45) is 8.99. The van der Waals surface area contributed by atoms with Gasteiger partial charge in [0.2, 0.25) is 0 Å². The van der Waals surface area contributed by atoms with Crippen LogP contribution in [0, 0.1) is 17.8 Å². The average Bonchev–Trinajstić information content (AvgIpc) is 2.89. The first-order chi connectivity index (χ1) is 7.36. The van der Waals surface area contributed by atoms with E-state index in [0.717, 1.165) is 36.9 Å². The van der Waals surface area contributed by atoms with E-state index in [1.54, 1.807) is 6.42 Å². The Kier molecular flexibility index (Phi) is 2.73. The highest BCUT2D eigenvalue weighted by Gasteiger charge is 2.41. The van der Waals surface area contributed by atoms with Gasteiger partial charge in [0.25, 0.3) is 0 Å². The fraction of sp³-hybridized carbons (Fsp3) is 1.00. The van der Waals surface area contributed by atoms with E-state index in [4.69, 9.17) is 5.73 Å². The third-order valence-electron chi connectivity index (χ3n) is 4.83. The molecular formula is C13H24N2. The molecule has 0 saturated heterocycles. The molecule has 3 aliphatic carbocycles. The molecule has 0 aromatic rings. The van der Waals surface area contributed by atoms with Crippen LogP contribution in [-0.4, -0.2) is 30.6 Å². The SMILES string of the molecule is NCCN(CC1CC2CCC1C2)C1CC1. The van der Waals surface area contributed by atoms with Crippen LogP contribution in [0.4, 0.5) is 0 Å². The molecule has 3 saturated carbocycles. The Labute approximate surface area is 93.2 Å². The van der Waals surface area contributed by atoms with Crippen LogP contribution in [-0.2, 0) is 0 Å². The molecule has 3 unspecified atom stereocenters. The third-order valence-corrected chi connectivity index (χ3v) is 4.83.